The Bertz CT molecular complexity index is 782. The second-order valence-electron chi connectivity index (χ2n) is 4.45. The number of carbonyl (C=O) groups is 1. The van der Waals surface area contributed by atoms with Gasteiger partial charge in [-0.3, -0.25) is 5.10 Å². The van der Waals surface area contributed by atoms with Crippen molar-refractivity contribution in [3.05, 3.63) is 48.7 Å². The minimum absolute atomic E-state index is 0.335. The van der Waals surface area contributed by atoms with E-state index in [1.807, 2.05) is 30.3 Å². The van der Waals surface area contributed by atoms with Crippen LogP contribution in [0.3, 0.4) is 0 Å². The number of methoxy groups -OCH3 is 1. The number of amides is 2. The number of H-pyrrole nitrogens is 1. The molecule has 6 heteroatoms. The Labute approximate surface area is 121 Å². The van der Waals surface area contributed by atoms with E-state index < -0.39 is 0 Å². The highest BCUT2D eigenvalue weighted by atomic mass is 16.5. The number of urea groups is 1. The Morgan fingerprint density at radius 3 is 2.90 bits per heavy atom. The van der Waals surface area contributed by atoms with Gasteiger partial charge in [-0.05, 0) is 30.3 Å². The van der Waals surface area contributed by atoms with Gasteiger partial charge in [-0.15, -0.1) is 0 Å². The third-order valence-corrected chi connectivity index (χ3v) is 3.05. The summed E-state index contributed by atoms with van der Waals surface area (Å²) in [5, 5.41) is 13.3. The molecule has 106 valence electrons. The molecule has 0 radical (unpaired) electrons. The molecule has 0 atom stereocenters. The third-order valence-electron chi connectivity index (χ3n) is 3.05. The lowest BCUT2D eigenvalue weighted by Gasteiger charge is -2.10. The van der Waals surface area contributed by atoms with Crippen molar-refractivity contribution in [1.29, 1.82) is 0 Å². The highest BCUT2D eigenvalue weighted by molar-refractivity contribution is 6.01. The number of para-hydroxylation sites is 2. The van der Waals surface area contributed by atoms with E-state index >= 15 is 0 Å². The minimum Gasteiger partial charge on any atom is -0.495 e. The molecule has 3 N–H and O–H groups in total. The van der Waals surface area contributed by atoms with Crippen LogP contribution in [-0.4, -0.2) is 23.3 Å². The van der Waals surface area contributed by atoms with Crippen LogP contribution in [0, 0.1) is 0 Å². The molecule has 0 aliphatic heterocycles. The highest BCUT2D eigenvalue weighted by Crippen LogP contribution is 2.23. The van der Waals surface area contributed by atoms with Crippen molar-refractivity contribution in [3.63, 3.8) is 0 Å². The normalized spacial score (nSPS) is 10.3. The lowest BCUT2D eigenvalue weighted by molar-refractivity contribution is 0.262. The number of aromatic amines is 1. The Morgan fingerprint density at radius 2 is 2.05 bits per heavy atom. The molecule has 0 aliphatic carbocycles. The van der Waals surface area contributed by atoms with Gasteiger partial charge < -0.3 is 15.4 Å². The third kappa shape index (κ3) is 2.79. The van der Waals surface area contributed by atoms with Crippen LogP contribution >= 0.6 is 0 Å². The van der Waals surface area contributed by atoms with E-state index in [2.05, 4.69) is 20.8 Å². The van der Waals surface area contributed by atoms with Gasteiger partial charge in [0.15, 0.2) is 0 Å². The molecule has 0 unspecified atom stereocenters. The molecule has 0 spiro atoms. The van der Waals surface area contributed by atoms with Crippen LogP contribution in [0.2, 0.25) is 0 Å². The van der Waals surface area contributed by atoms with Gasteiger partial charge in [0, 0.05) is 11.1 Å². The SMILES string of the molecule is COc1ccccc1NC(=O)Nc1ccc2cn[nH]c2c1. The summed E-state index contributed by atoms with van der Waals surface area (Å²) < 4.78 is 5.19. The van der Waals surface area contributed by atoms with Crippen molar-refractivity contribution in [3.8, 4) is 5.75 Å². The van der Waals surface area contributed by atoms with Crippen LogP contribution in [0.25, 0.3) is 10.9 Å². The largest absolute Gasteiger partial charge is 0.495 e. The fourth-order valence-corrected chi connectivity index (χ4v) is 2.05. The smallest absolute Gasteiger partial charge is 0.323 e. The number of fused-ring (bicyclic) bond motifs is 1. The molecule has 0 bridgehead atoms. The Kier molecular flexibility index (Phi) is 3.42. The second kappa shape index (κ2) is 5.54. The van der Waals surface area contributed by atoms with Crippen molar-refractivity contribution in [2.24, 2.45) is 0 Å². The molecule has 0 aliphatic rings. The fourth-order valence-electron chi connectivity index (χ4n) is 2.05. The molecule has 0 saturated heterocycles. The zero-order valence-electron chi connectivity index (χ0n) is 11.4. The first-order valence-corrected chi connectivity index (χ1v) is 6.40. The maximum Gasteiger partial charge on any atom is 0.323 e. The van der Waals surface area contributed by atoms with E-state index in [1.165, 1.54) is 0 Å². The highest BCUT2D eigenvalue weighted by Gasteiger charge is 2.07. The summed E-state index contributed by atoms with van der Waals surface area (Å²) in [5.41, 5.74) is 2.16. The van der Waals surface area contributed by atoms with Gasteiger partial charge in [0.2, 0.25) is 0 Å². The van der Waals surface area contributed by atoms with Crippen LogP contribution in [-0.2, 0) is 0 Å². The number of anilines is 2. The summed E-state index contributed by atoms with van der Waals surface area (Å²) in [6, 6.07) is 12.4. The number of rotatable bonds is 3. The van der Waals surface area contributed by atoms with Gasteiger partial charge in [-0.1, -0.05) is 12.1 Å². The molecule has 0 saturated carbocycles. The molecule has 1 heterocycles. The molecular formula is C15H14N4O2. The van der Waals surface area contributed by atoms with Crippen LogP contribution < -0.4 is 15.4 Å². The molecule has 2 aromatic carbocycles. The molecule has 3 rings (SSSR count). The minimum atomic E-state index is -0.335. The lowest BCUT2D eigenvalue weighted by atomic mass is 10.2. The van der Waals surface area contributed by atoms with Crippen molar-refractivity contribution in [2.45, 2.75) is 0 Å². The number of nitrogens with one attached hydrogen (secondary N) is 3. The zero-order valence-corrected chi connectivity index (χ0v) is 11.4. The summed E-state index contributed by atoms with van der Waals surface area (Å²) in [4.78, 5) is 12.0. The first kappa shape index (κ1) is 13.0. The van der Waals surface area contributed by atoms with Gasteiger partial charge in [0.25, 0.3) is 0 Å². The fraction of sp³-hybridized carbons (Fsp3) is 0.0667. The van der Waals surface area contributed by atoms with E-state index in [1.54, 1.807) is 25.4 Å². The van der Waals surface area contributed by atoms with Crippen LogP contribution in [0.15, 0.2) is 48.7 Å². The maximum absolute atomic E-state index is 12.0. The summed E-state index contributed by atoms with van der Waals surface area (Å²) >= 11 is 0. The Hall–Kier alpha value is -3.02. The molecule has 2 amide bonds. The average Bonchev–Trinajstić information content (AvgIpc) is 2.95. The van der Waals surface area contributed by atoms with E-state index in [-0.39, 0.29) is 6.03 Å². The summed E-state index contributed by atoms with van der Waals surface area (Å²) in [6.07, 6.45) is 1.73. The predicted octanol–water partition coefficient (Wildman–Crippen LogP) is 3.22. The molecule has 1 aromatic heterocycles. The van der Waals surface area contributed by atoms with Crippen molar-refractivity contribution < 1.29 is 9.53 Å². The predicted molar refractivity (Wildman–Crippen MR) is 81.7 cm³/mol. The van der Waals surface area contributed by atoms with Crippen LogP contribution in [0.1, 0.15) is 0 Å². The number of carbonyl (C=O) groups excluding carboxylic acids is 1. The maximum atomic E-state index is 12.0. The molecule has 3 aromatic rings. The Balaban J connectivity index is 1.73. The Morgan fingerprint density at radius 1 is 1.19 bits per heavy atom. The first-order chi connectivity index (χ1) is 10.3. The lowest BCUT2D eigenvalue weighted by Crippen LogP contribution is -2.19. The van der Waals surface area contributed by atoms with E-state index in [0.29, 0.717) is 17.1 Å². The van der Waals surface area contributed by atoms with Crippen LogP contribution in [0.5, 0.6) is 5.75 Å². The van der Waals surface area contributed by atoms with E-state index in [9.17, 15) is 4.79 Å². The summed E-state index contributed by atoms with van der Waals surface area (Å²) in [5.74, 6) is 0.608. The number of aromatic nitrogens is 2. The molecule has 0 fully saturated rings. The first-order valence-electron chi connectivity index (χ1n) is 6.40. The molecular weight excluding hydrogens is 268 g/mol. The van der Waals surface area contributed by atoms with E-state index in [4.69, 9.17) is 4.74 Å². The van der Waals surface area contributed by atoms with Crippen molar-refractivity contribution in [2.75, 3.05) is 17.7 Å². The van der Waals surface area contributed by atoms with Gasteiger partial charge in [0.1, 0.15) is 5.75 Å². The number of hydrogen-bond acceptors (Lipinski definition) is 3. The number of hydrogen-bond donors (Lipinski definition) is 3. The average molecular weight is 282 g/mol. The zero-order chi connectivity index (χ0) is 14.7. The van der Waals surface area contributed by atoms with Crippen molar-refractivity contribution in [1.82, 2.24) is 10.2 Å². The monoisotopic (exact) mass is 282 g/mol. The quantitative estimate of drug-likeness (QED) is 0.690. The van der Waals surface area contributed by atoms with Gasteiger partial charge in [-0.25, -0.2) is 4.79 Å². The topological polar surface area (TPSA) is 79.0 Å². The molecule has 6 nitrogen and oxygen atoms in total. The summed E-state index contributed by atoms with van der Waals surface area (Å²) in [7, 11) is 1.56. The number of ether oxygens (including phenoxy) is 1. The summed E-state index contributed by atoms with van der Waals surface area (Å²) in [6.45, 7) is 0. The molecule has 21 heavy (non-hydrogen) atoms. The second-order valence-corrected chi connectivity index (χ2v) is 4.45. The number of nitrogens with zero attached hydrogens (tertiary/aromatic N) is 1. The van der Waals surface area contributed by atoms with Gasteiger partial charge in [-0.2, -0.15) is 5.10 Å². The number of benzene rings is 2. The standard InChI is InChI=1S/C15H14N4O2/c1-21-14-5-3-2-4-12(14)18-15(20)17-11-7-6-10-9-16-19-13(10)8-11/h2-9H,1H3,(H,16,19)(H2,17,18,20). The van der Waals surface area contributed by atoms with Gasteiger partial charge in [0.05, 0.1) is 24.5 Å². The van der Waals surface area contributed by atoms with Crippen LogP contribution in [0.4, 0.5) is 16.2 Å². The van der Waals surface area contributed by atoms with Crippen molar-refractivity contribution >= 4 is 28.3 Å². The van der Waals surface area contributed by atoms with E-state index in [0.717, 1.165) is 10.9 Å². The van der Waals surface area contributed by atoms with Gasteiger partial charge >= 0.3 is 6.03 Å².